The SMILES string of the molecule is Cc1cccc(C)c1-n1c(-c2cc(-c3cccc4c3nc(-c3cc(C(C)(C)C)cc(C(C)(C)C)c3O)n4-c3ccccc3-c3ccccc3)cc(C(C)(C)C)c2)nc2ccc3c4ccccc4oc3c21. The van der Waals surface area contributed by atoms with Crippen LogP contribution in [0.3, 0.4) is 0 Å². The van der Waals surface area contributed by atoms with Crippen LogP contribution in [0.2, 0.25) is 0 Å². The van der Waals surface area contributed by atoms with Crippen LogP contribution in [-0.2, 0) is 16.2 Å². The molecule has 3 heterocycles. The number of benzene rings is 8. The van der Waals surface area contributed by atoms with Crippen molar-refractivity contribution in [3.63, 3.8) is 0 Å². The van der Waals surface area contributed by atoms with Crippen LogP contribution in [-0.4, -0.2) is 24.2 Å². The van der Waals surface area contributed by atoms with Gasteiger partial charge in [0.2, 0.25) is 0 Å². The standard InChI is InChI=1S/C64H60N4O2/c1-38-21-19-22-39(2)56(38)68-57-51(32-31-48-47-26-16-18-30-54(47)70-59(48)57)65-60(68)42-33-41(34-43(35-42)62(3,4)5)46-27-20-29-53-55(46)66-61(49-36-44(63(6,7)8)37-50(58(49)69)64(9,10)11)67(53)52-28-17-15-25-45(52)40-23-13-12-14-24-40/h12-37,69H,1-11H3. The Kier molecular flexibility index (Phi) is 10.4. The molecule has 0 saturated heterocycles. The molecular weight excluding hydrogens is 857 g/mol. The summed E-state index contributed by atoms with van der Waals surface area (Å²) < 4.78 is 11.4. The minimum Gasteiger partial charge on any atom is -0.507 e. The molecule has 6 nitrogen and oxygen atoms in total. The van der Waals surface area contributed by atoms with E-state index in [0.29, 0.717) is 11.4 Å². The molecule has 11 rings (SSSR count). The first-order chi connectivity index (χ1) is 33.4. The summed E-state index contributed by atoms with van der Waals surface area (Å²) in [5.41, 5.74) is 17.9. The molecular formula is C64H60N4O2. The summed E-state index contributed by atoms with van der Waals surface area (Å²) in [5.74, 6) is 1.76. The molecule has 70 heavy (non-hydrogen) atoms. The molecule has 0 atom stereocenters. The van der Waals surface area contributed by atoms with Gasteiger partial charge in [-0.1, -0.05) is 172 Å². The molecule has 0 fully saturated rings. The Morgan fingerprint density at radius 2 is 1.13 bits per heavy atom. The van der Waals surface area contributed by atoms with Crippen molar-refractivity contribution in [1.29, 1.82) is 0 Å². The minimum atomic E-state index is -0.336. The first-order valence-corrected chi connectivity index (χ1v) is 24.5. The second kappa shape index (κ2) is 16.2. The maximum atomic E-state index is 12.6. The van der Waals surface area contributed by atoms with Crippen molar-refractivity contribution in [3.05, 3.63) is 186 Å². The van der Waals surface area contributed by atoms with Crippen molar-refractivity contribution in [2.24, 2.45) is 0 Å². The quantitative estimate of drug-likeness (QED) is 0.180. The summed E-state index contributed by atoms with van der Waals surface area (Å²) >= 11 is 0. The van der Waals surface area contributed by atoms with Gasteiger partial charge in [0, 0.05) is 33.0 Å². The molecule has 11 aromatic rings. The van der Waals surface area contributed by atoms with Gasteiger partial charge in [-0.05, 0) is 112 Å². The molecule has 0 aliphatic rings. The van der Waals surface area contributed by atoms with Gasteiger partial charge in [0.15, 0.2) is 5.58 Å². The van der Waals surface area contributed by atoms with Crippen molar-refractivity contribution in [1.82, 2.24) is 19.1 Å². The van der Waals surface area contributed by atoms with Gasteiger partial charge in [-0.3, -0.25) is 9.13 Å². The fourth-order valence-electron chi connectivity index (χ4n) is 10.4. The molecule has 0 bridgehead atoms. The largest absolute Gasteiger partial charge is 0.507 e. The lowest BCUT2D eigenvalue weighted by molar-refractivity contribution is 0.446. The van der Waals surface area contributed by atoms with Crippen LogP contribution in [0, 0.1) is 13.8 Å². The molecule has 1 N–H and O–H groups in total. The summed E-state index contributed by atoms with van der Waals surface area (Å²) in [6, 6.07) is 55.9. The lowest BCUT2D eigenvalue weighted by Gasteiger charge is -2.27. The Hall–Kier alpha value is -7.70. The van der Waals surface area contributed by atoms with Crippen molar-refractivity contribution in [2.45, 2.75) is 92.4 Å². The molecule has 0 radical (unpaired) electrons. The van der Waals surface area contributed by atoms with E-state index in [1.165, 1.54) is 5.56 Å². The second-order valence-corrected chi connectivity index (χ2v) is 22.2. The monoisotopic (exact) mass is 916 g/mol. The highest BCUT2D eigenvalue weighted by molar-refractivity contribution is 6.14. The maximum absolute atomic E-state index is 12.6. The minimum absolute atomic E-state index is 0.195. The Labute approximate surface area is 410 Å². The maximum Gasteiger partial charge on any atom is 0.161 e. The third kappa shape index (κ3) is 7.40. The number of phenolic OH excluding ortho intramolecular Hbond substituents is 1. The van der Waals surface area contributed by atoms with Gasteiger partial charge >= 0.3 is 0 Å². The molecule has 3 aromatic heterocycles. The van der Waals surface area contributed by atoms with E-state index >= 15 is 0 Å². The predicted octanol–water partition coefficient (Wildman–Crippen LogP) is 17.1. The molecule has 0 unspecified atom stereocenters. The normalized spacial score (nSPS) is 12.6. The number of nitrogens with zero attached hydrogens (tertiary/aromatic N) is 4. The van der Waals surface area contributed by atoms with E-state index in [-0.39, 0.29) is 22.0 Å². The van der Waals surface area contributed by atoms with E-state index in [2.05, 4.69) is 231 Å². The van der Waals surface area contributed by atoms with Crippen LogP contribution in [0.1, 0.15) is 90.1 Å². The highest BCUT2D eigenvalue weighted by atomic mass is 16.3. The summed E-state index contributed by atoms with van der Waals surface area (Å²) in [7, 11) is 0. The lowest BCUT2D eigenvalue weighted by atomic mass is 9.79. The third-order valence-electron chi connectivity index (χ3n) is 14.1. The van der Waals surface area contributed by atoms with E-state index in [1.807, 2.05) is 12.1 Å². The van der Waals surface area contributed by atoms with Gasteiger partial charge < -0.3 is 9.52 Å². The van der Waals surface area contributed by atoms with Gasteiger partial charge in [0.1, 0.15) is 28.5 Å². The van der Waals surface area contributed by atoms with E-state index in [4.69, 9.17) is 14.4 Å². The smallest absolute Gasteiger partial charge is 0.161 e. The summed E-state index contributed by atoms with van der Waals surface area (Å²) in [5, 5.41) is 14.7. The van der Waals surface area contributed by atoms with Crippen molar-refractivity contribution in [2.75, 3.05) is 0 Å². The van der Waals surface area contributed by atoms with Gasteiger partial charge in [0.25, 0.3) is 0 Å². The molecule has 6 heteroatoms. The lowest BCUT2D eigenvalue weighted by Crippen LogP contribution is -2.17. The predicted molar refractivity (Wildman–Crippen MR) is 292 cm³/mol. The Bertz CT molecular complexity index is 3840. The fraction of sp³-hybridized carbons (Fsp3) is 0.219. The molecule has 348 valence electrons. The molecule has 0 amide bonds. The van der Waals surface area contributed by atoms with Gasteiger partial charge in [-0.2, -0.15) is 0 Å². The number of phenols is 1. The fourth-order valence-corrected chi connectivity index (χ4v) is 10.4. The van der Waals surface area contributed by atoms with E-state index in [9.17, 15) is 5.11 Å². The average molecular weight is 917 g/mol. The number of imidazole rings is 2. The Morgan fingerprint density at radius 3 is 1.86 bits per heavy atom. The number of furan rings is 1. The average Bonchev–Trinajstić information content (AvgIpc) is 4.03. The van der Waals surface area contributed by atoms with E-state index in [1.54, 1.807) is 0 Å². The highest BCUT2D eigenvalue weighted by Gasteiger charge is 2.30. The Morgan fingerprint density at radius 1 is 0.486 bits per heavy atom. The van der Waals surface area contributed by atoms with E-state index < -0.39 is 0 Å². The summed E-state index contributed by atoms with van der Waals surface area (Å²) in [4.78, 5) is 11.3. The number of fused-ring (bicyclic) bond motifs is 6. The number of rotatable bonds is 6. The zero-order valence-electron chi connectivity index (χ0n) is 42.2. The third-order valence-corrected chi connectivity index (χ3v) is 14.1. The second-order valence-electron chi connectivity index (χ2n) is 22.2. The van der Waals surface area contributed by atoms with Crippen LogP contribution in [0.15, 0.2) is 162 Å². The number of para-hydroxylation sites is 4. The van der Waals surface area contributed by atoms with Crippen LogP contribution in [0.5, 0.6) is 5.75 Å². The van der Waals surface area contributed by atoms with Gasteiger partial charge in [-0.25, -0.2) is 9.97 Å². The molecule has 0 aliphatic carbocycles. The summed E-state index contributed by atoms with van der Waals surface area (Å²) in [6.45, 7) is 24.4. The zero-order chi connectivity index (χ0) is 49.0. The topological polar surface area (TPSA) is 69.0 Å². The highest BCUT2D eigenvalue weighted by Crippen LogP contribution is 2.47. The first kappa shape index (κ1) is 44.8. The van der Waals surface area contributed by atoms with Crippen LogP contribution in [0.25, 0.3) is 100 Å². The van der Waals surface area contributed by atoms with Crippen molar-refractivity contribution in [3.8, 4) is 62.2 Å². The van der Waals surface area contributed by atoms with Crippen LogP contribution < -0.4 is 0 Å². The number of aryl methyl sites for hydroxylation is 2. The number of hydrogen-bond acceptors (Lipinski definition) is 4. The van der Waals surface area contributed by atoms with E-state index in [0.717, 1.165) is 111 Å². The van der Waals surface area contributed by atoms with Crippen molar-refractivity contribution < 1.29 is 9.52 Å². The molecule has 8 aromatic carbocycles. The Balaban J connectivity index is 1.23. The zero-order valence-corrected chi connectivity index (χ0v) is 42.2. The molecule has 0 saturated carbocycles. The number of aromatic hydroxyl groups is 1. The van der Waals surface area contributed by atoms with Gasteiger partial charge in [-0.15, -0.1) is 0 Å². The number of hydrogen-bond donors (Lipinski definition) is 1. The number of aromatic nitrogens is 4. The molecule has 0 spiro atoms. The van der Waals surface area contributed by atoms with Crippen molar-refractivity contribution >= 4 is 44.0 Å². The summed E-state index contributed by atoms with van der Waals surface area (Å²) in [6.07, 6.45) is 0. The van der Waals surface area contributed by atoms with Crippen LogP contribution in [0.4, 0.5) is 0 Å². The first-order valence-electron chi connectivity index (χ1n) is 24.5. The molecule has 0 aliphatic heterocycles. The van der Waals surface area contributed by atoms with Gasteiger partial charge in [0.05, 0.1) is 33.5 Å². The van der Waals surface area contributed by atoms with Crippen LogP contribution >= 0.6 is 0 Å².